The number of nitriles is 1. The van der Waals surface area contributed by atoms with Crippen molar-refractivity contribution in [1.82, 2.24) is 0 Å². The standard InChI is InChI=1S/C11H10FNO/c1-2-3-6-14-11-5-4-10(12)7-9(11)8-13/h2-5,7H,6H2,1H3. The van der Waals surface area contributed by atoms with E-state index in [1.807, 2.05) is 25.1 Å². The number of nitrogens with zero attached hydrogens (tertiary/aromatic N) is 1. The highest BCUT2D eigenvalue weighted by atomic mass is 19.1. The topological polar surface area (TPSA) is 33.0 Å². The molecule has 1 rings (SSSR count). The van der Waals surface area contributed by atoms with Crippen LogP contribution in [0, 0.1) is 17.1 Å². The Labute approximate surface area is 82.2 Å². The first-order valence-electron chi connectivity index (χ1n) is 4.21. The molecule has 0 fully saturated rings. The third kappa shape index (κ3) is 2.60. The van der Waals surface area contributed by atoms with Gasteiger partial charge in [0.2, 0.25) is 0 Å². The van der Waals surface area contributed by atoms with Gasteiger partial charge in [0.25, 0.3) is 0 Å². The Morgan fingerprint density at radius 2 is 2.36 bits per heavy atom. The molecule has 0 unspecified atom stereocenters. The van der Waals surface area contributed by atoms with E-state index < -0.39 is 5.82 Å². The molecule has 0 saturated carbocycles. The van der Waals surface area contributed by atoms with Gasteiger partial charge in [-0.05, 0) is 25.1 Å². The van der Waals surface area contributed by atoms with Crippen molar-refractivity contribution in [3.8, 4) is 11.8 Å². The number of halogens is 1. The summed E-state index contributed by atoms with van der Waals surface area (Å²) >= 11 is 0. The zero-order valence-electron chi connectivity index (χ0n) is 7.83. The van der Waals surface area contributed by atoms with Crippen molar-refractivity contribution in [2.45, 2.75) is 6.92 Å². The molecule has 14 heavy (non-hydrogen) atoms. The van der Waals surface area contributed by atoms with Crippen LogP contribution in [0.2, 0.25) is 0 Å². The van der Waals surface area contributed by atoms with Crippen LogP contribution in [0.15, 0.2) is 30.4 Å². The van der Waals surface area contributed by atoms with Crippen molar-refractivity contribution >= 4 is 0 Å². The van der Waals surface area contributed by atoms with Crippen LogP contribution in [0.5, 0.6) is 5.75 Å². The molecule has 0 aliphatic heterocycles. The molecule has 0 atom stereocenters. The summed E-state index contributed by atoms with van der Waals surface area (Å²) in [4.78, 5) is 0. The van der Waals surface area contributed by atoms with Gasteiger partial charge in [-0.1, -0.05) is 12.2 Å². The normalized spacial score (nSPS) is 10.1. The molecule has 3 heteroatoms. The van der Waals surface area contributed by atoms with Crippen molar-refractivity contribution in [3.05, 3.63) is 41.7 Å². The van der Waals surface area contributed by atoms with Gasteiger partial charge in [0, 0.05) is 0 Å². The first-order valence-corrected chi connectivity index (χ1v) is 4.21. The second kappa shape index (κ2) is 5.03. The van der Waals surface area contributed by atoms with Crippen LogP contribution in [-0.2, 0) is 0 Å². The molecule has 0 saturated heterocycles. The zero-order valence-corrected chi connectivity index (χ0v) is 7.83. The lowest BCUT2D eigenvalue weighted by atomic mass is 10.2. The largest absolute Gasteiger partial charge is 0.488 e. The van der Waals surface area contributed by atoms with E-state index in [1.54, 1.807) is 0 Å². The Balaban J connectivity index is 2.81. The summed E-state index contributed by atoms with van der Waals surface area (Å²) < 4.78 is 17.9. The van der Waals surface area contributed by atoms with E-state index in [2.05, 4.69) is 0 Å². The number of rotatable bonds is 3. The number of allylic oxidation sites excluding steroid dienone is 1. The fourth-order valence-corrected chi connectivity index (χ4v) is 0.950. The maximum Gasteiger partial charge on any atom is 0.137 e. The number of ether oxygens (including phenoxy) is 1. The molecule has 1 aromatic carbocycles. The average molecular weight is 191 g/mol. The molecular formula is C11H10FNO. The second-order valence-electron chi connectivity index (χ2n) is 2.63. The lowest BCUT2D eigenvalue weighted by molar-refractivity contribution is 0.361. The molecule has 0 aromatic heterocycles. The summed E-state index contributed by atoms with van der Waals surface area (Å²) in [5.74, 6) is -0.0214. The minimum absolute atomic E-state index is 0.217. The minimum Gasteiger partial charge on any atom is -0.488 e. The first-order chi connectivity index (χ1) is 6.77. The molecule has 0 radical (unpaired) electrons. The zero-order chi connectivity index (χ0) is 10.4. The SMILES string of the molecule is CC=CCOc1ccc(F)cc1C#N. The van der Waals surface area contributed by atoms with E-state index in [9.17, 15) is 4.39 Å². The van der Waals surface area contributed by atoms with Crippen LogP contribution < -0.4 is 4.74 Å². The van der Waals surface area contributed by atoms with E-state index in [4.69, 9.17) is 10.00 Å². The van der Waals surface area contributed by atoms with E-state index >= 15 is 0 Å². The summed E-state index contributed by atoms with van der Waals surface area (Å²) in [6.45, 7) is 2.26. The maximum atomic E-state index is 12.7. The predicted octanol–water partition coefficient (Wildman–Crippen LogP) is 2.65. The number of hydrogen-bond donors (Lipinski definition) is 0. The smallest absolute Gasteiger partial charge is 0.137 e. The molecule has 0 bridgehead atoms. The molecule has 0 N–H and O–H groups in total. The molecular weight excluding hydrogens is 181 g/mol. The Morgan fingerprint density at radius 1 is 1.57 bits per heavy atom. The van der Waals surface area contributed by atoms with Crippen molar-refractivity contribution in [2.75, 3.05) is 6.61 Å². The van der Waals surface area contributed by atoms with Crippen LogP contribution >= 0.6 is 0 Å². The Hall–Kier alpha value is -1.82. The number of benzene rings is 1. The highest BCUT2D eigenvalue weighted by Gasteiger charge is 2.03. The molecule has 0 heterocycles. The van der Waals surface area contributed by atoms with E-state index in [1.165, 1.54) is 12.1 Å². The fraction of sp³-hybridized carbons (Fsp3) is 0.182. The quantitative estimate of drug-likeness (QED) is 0.688. The van der Waals surface area contributed by atoms with Gasteiger partial charge >= 0.3 is 0 Å². The Kier molecular flexibility index (Phi) is 3.69. The van der Waals surface area contributed by atoms with Crippen molar-refractivity contribution < 1.29 is 9.13 Å². The predicted molar refractivity (Wildman–Crippen MR) is 51.4 cm³/mol. The fourth-order valence-electron chi connectivity index (χ4n) is 0.950. The van der Waals surface area contributed by atoms with Crippen molar-refractivity contribution in [3.63, 3.8) is 0 Å². The highest BCUT2D eigenvalue weighted by Crippen LogP contribution is 2.18. The van der Waals surface area contributed by atoms with Gasteiger partial charge in [-0.3, -0.25) is 0 Å². The monoisotopic (exact) mass is 191 g/mol. The summed E-state index contributed by atoms with van der Waals surface area (Å²) in [5.41, 5.74) is 0.217. The molecule has 0 amide bonds. The van der Waals surface area contributed by atoms with Gasteiger partial charge < -0.3 is 4.74 Å². The van der Waals surface area contributed by atoms with Crippen LogP contribution in [0.3, 0.4) is 0 Å². The van der Waals surface area contributed by atoms with Gasteiger partial charge in [0.05, 0.1) is 5.56 Å². The van der Waals surface area contributed by atoms with Crippen LogP contribution in [0.25, 0.3) is 0 Å². The van der Waals surface area contributed by atoms with E-state index in [-0.39, 0.29) is 5.56 Å². The second-order valence-corrected chi connectivity index (χ2v) is 2.63. The lowest BCUT2D eigenvalue weighted by Gasteiger charge is -2.04. The van der Waals surface area contributed by atoms with Crippen LogP contribution in [-0.4, -0.2) is 6.61 Å². The third-order valence-electron chi connectivity index (χ3n) is 1.63. The Morgan fingerprint density at radius 3 is 3.00 bits per heavy atom. The molecule has 2 nitrogen and oxygen atoms in total. The van der Waals surface area contributed by atoms with Crippen molar-refractivity contribution in [2.24, 2.45) is 0 Å². The molecule has 0 spiro atoms. The maximum absolute atomic E-state index is 12.7. The van der Waals surface area contributed by atoms with Crippen LogP contribution in [0.1, 0.15) is 12.5 Å². The molecule has 72 valence electrons. The summed E-state index contributed by atoms with van der Waals surface area (Å²) in [6, 6.07) is 5.76. The number of hydrogen-bond acceptors (Lipinski definition) is 2. The van der Waals surface area contributed by atoms with Gasteiger partial charge in [-0.15, -0.1) is 0 Å². The molecule has 1 aromatic rings. The first kappa shape index (κ1) is 10.3. The molecule has 0 aliphatic carbocycles. The van der Waals surface area contributed by atoms with Crippen LogP contribution in [0.4, 0.5) is 4.39 Å². The van der Waals surface area contributed by atoms with Crippen molar-refractivity contribution in [1.29, 1.82) is 5.26 Å². The highest BCUT2D eigenvalue weighted by molar-refractivity contribution is 5.43. The summed E-state index contributed by atoms with van der Waals surface area (Å²) in [7, 11) is 0. The lowest BCUT2D eigenvalue weighted by Crippen LogP contribution is -1.96. The minimum atomic E-state index is -0.431. The van der Waals surface area contributed by atoms with Gasteiger partial charge in [0.15, 0.2) is 0 Å². The van der Waals surface area contributed by atoms with Gasteiger partial charge in [-0.2, -0.15) is 5.26 Å². The molecule has 0 aliphatic rings. The van der Waals surface area contributed by atoms with Gasteiger partial charge in [0.1, 0.15) is 24.2 Å². The van der Waals surface area contributed by atoms with E-state index in [0.29, 0.717) is 12.4 Å². The third-order valence-corrected chi connectivity index (χ3v) is 1.63. The summed E-state index contributed by atoms with van der Waals surface area (Å²) in [6.07, 6.45) is 3.65. The van der Waals surface area contributed by atoms with Gasteiger partial charge in [-0.25, -0.2) is 4.39 Å². The average Bonchev–Trinajstić information content (AvgIpc) is 2.20. The van der Waals surface area contributed by atoms with E-state index in [0.717, 1.165) is 6.07 Å². The Bertz CT molecular complexity index is 379. The summed E-state index contributed by atoms with van der Waals surface area (Å²) in [5, 5.41) is 8.68.